The SMILES string of the molecule is Cl.Cn1cc(-c2cc(F)cc(CNC(=O)c3ncnc4nc(C5CCNC5)[nH]c34)c2)cn1. The molecule has 1 unspecified atom stereocenters. The van der Waals surface area contributed by atoms with Crippen LogP contribution in [0.3, 0.4) is 0 Å². The highest BCUT2D eigenvalue weighted by Gasteiger charge is 2.23. The Morgan fingerprint density at radius 3 is 2.91 bits per heavy atom. The molecule has 0 saturated carbocycles. The number of carbonyl (C=O) groups is 1. The highest BCUT2D eigenvalue weighted by Crippen LogP contribution is 2.23. The zero-order valence-corrected chi connectivity index (χ0v) is 18.1. The summed E-state index contributed by atoms with van der Waals surface area (Å²) in [5.41, 5.74) is 3.34. The predicted octanol–water partition coefficient (Wildman–Crippen LogP) is 2.32. The van der Waals surface area contributed by atoms with E-state index in [2.05, 4.69) is 35.7 Å². The van der Waals surface area contributed by atoms with E-state index in [1.54, 1.807) is 17.9 Å². The number of carbonyl (C=O) groups excluding carboxylic acids is 1. The van der Waals surface area contributed by atoms with E-state index in [4.69, 9.17) is 0 Å². The zero-order chi connectivity index (χ0) is 21.4. The summed E-state index contributed by atoms with van der Waals surface area (Å²) in [6, 6.07) is 4.68. The quantitative estimate of drug-likeness (QED) is 0.424. The van der Waals surface area contributed by atoms with Gasteiger partial charge in [-0.25, -0.2) is 19.3 Å². The van der Waals surface area contributed by atoms with Crippen molar-refractivity contribution < 1.29 is 9.18 Å². The molecule has 1 saturated heterocycles. The average Bonchev–Trinajstić information content (AvgIpc) is 3.51. The van der Waals surface area contributed by atoms with E-state index in [-0.39, 0.29) is 42.3 Å². The summed E-state index contributed by atoms with van der Waals surface area (Å²) in [5.74, 6) is 0.321. The first-order valence-electron chi connectivity index (χ1n) is 10.0. The van der Waals surface area contributed by atoms with E-state index in [1.165, 1.54) is 18.5 Å². The fourth-order valence-corrected chi connectivity index (χ4v) is 3.86. The number of amides is 1. The molecular weight excluding hydrogens is 435 g/mol. The zero-order valence-electron chi connectivity index (χ0n) is 17.3. The largest absolute Gasteiger partial charge is 0.347 e. The second-order valence-electron chi connectivity index (χ2n) is 7.67. The molecule has 0 spiro atoms. The molecule has 1 amide bonds. The summed E-state index contributed by atoms with van der Waals surface area (Å²) >= 11 is 0. The summed E-state index contributed by atoms with van der Waals surface area (Å²) < 4.78 is 15.8. The van der Waals surface area contributed by atoms with E-state index in [0.717, 1.165) is 30.9 Å². The first kappa shape index (κ1) is 21.8. The van der Waals surface area contributed by atoms with Gasteiger partial charge in [0.15, 0.2) is 11.3 Å². The minimum Gasteiger partial charge on any atom is -0.347 e. The van der Waals surface area contributed by atoms with Gasteiger partial charge in [-0.3, -0.25) is 9.48 Å². The van der Waals surface area contributed by atoms with Crippen molar-refractivity contribution >= 4 is 29.5 Å². The topological polar surface area (TPSA) is 113 Å². The van der Waals surface area contributed by atoms with Crippen LogP contribution in [0, 0.1) is 5.82 Å². The monoisotopic (exact) mass is 456 g/mol. The Labute approximate surface area is 189 Å². The van der Waals surface area contributed by atoms with Crippen LogP contribution < -0.4 is 10.6 Å². The Morgan fingerprint density at radius 2 is 2.16 bits per heavy atom. The number of rotatable bonds is 5. The van der Waals surface area contributed by atoms with Crippen molar-refractivity contribution in [3.63, 3.8) is 0 Å². The number of hydrogen-bond acceptors (Lipinski definition) is 6. The lowest BCUT2D eigenvalue weighted by molar-refractivity contribution is 0.0947. The molecule has 5 rings (SSSR count). The van der Waals surface area contributed by atoms with E-state index < -0.39 is 0 Å². The Morgan fingerprint density at radius 1 is 1.28 bits per heavy atom. The van der Waals surface area contributed by atoms with Crippen molar-refractivity contribution in [3.05, 3.63) is 59.8 Å². The van der Waals surface area contributed by atoms with Crippen molar-refractivity contribution in [2.24, 2.45) is 7.05 Å². The maximum absolute atomic E-state index is 14.1. The van der Waals surface area contributed by atoms with Crippen LogP contribution in [0.25, 0.3) is 22.3 Å². The molecule has 1 aliphatic rings. The summed E-state index contributed by atoms with van der Waals surface area (Å²) in [5, 5.41) is 10.2. The van der Waals surface area contributed by atoms with Gasteiger partial charge in [0.2, 0.25) is 0 Å². The van der Waals surface area contributed by atoms with Crippen molar-refractivity contribution in [3.8, 4) is 11.1 Å². The van der Waals surface area contributed by atoms with Gasteiger partial charge in [-0.2, -0.15) is 5.10 Å². The molecule has 11 heteroatoms. The normalized spacial score (nSPS) is 15.6. The molecule has 0 bridgehead atoms. The lowest BCUT2D eigenvalue weighted by Gasteiger charge is -2.08. The lowest BCUT2D eigenvalue weighted by Crippen LogP contribution is -2.24. The van der Waals surface area contributed by atoms with Gasteiger partial charge in [0.05, 0.1) is 6.20 Å². The molecule has 0 radical (unpaired) electrons. The van der Waals surface area contributed by atoms with Crippen molar-refractivity contribution in [1.29, 1.82) is 0 Å². The Bertz CT molecular complexity index is 1260. The van der Waals surface area contributed by atoms with E-state index in [9.17, 15) is 9.18 Å². The van der Waals surface area contributed by atoms with Crippen molar-refractivity contribution in [1.82, 2.24) is 40.3 Å². The van der Waals surface area contributed by atoms with Crippen LogP contribution in [0.5, 0.6) is 0 Å². The average molecular weight is 457 g/mol. The van der Waals surface area contributed by atoms with Crippen molar-refractivity contribution in [2.75, 3.05) is 13.1 Å². The second kappa shape index (κ2) is 9.01. The van der Waals surface area contributed by atoms with Crippen LogP contribution in [0.1, 0.15) is 34.2 Å². The number of fused-ring (bicyclic) bond motifs is 1. The molecule has 3 N–H and O–H groups in total. The smallest absolute Gasteiger partial charge is 0.272 e. The maximum Gasteiger partial charge on any atom is 0.272 e. The summed E-state index contributed by atoms with van der Waals surface area (Å²) in [4.78, 5) is 28.9. The number of imidazole rings is 1. The molecular formula is C21H22ClFN8O. The van der Waals surface area contributed by atoms with Crippen LogP contribution in [0.2, 0.25) is 0 Å². The molecule has 166 valence electrons. The van der Waals surface area contributed by atoms with E-state index in [1.807, 2.05) is 12.3 Å². The Hall–Kier alpha value is -3.37. The molecule has 0 aliphatic carbocycles. The second-order valence-corrected chi connectivity index (χ2v) is 7.67. The fourth-order valence-electron chi connectivity index (χ4n) is 3.86. The third-order valence-electron chi connectivity index (χ3n) is 5.42. The first-order valence-corrected chi connectivity index (χ1v) is 10.0. The minimum absolute atomic E-state index is 0. The number of aromatic amines is 1. The summed E-state index contributed by atoms with van der Waals surface area (Å²) in [7, 11) is 1.80. The molecule has 1 fully saturated rings. The van der Waals surface area contributed by atoms with Gasteiger partial charge in [0.1, 0.15) is 23.5 Å². The third-order valence-corrected chi connectivity index (χ3v) is 5.42. The van der Waals surface area contributed by atoms with Crippen LogP contribution in [0.4, 0.5) is 4.39 Å². The number of hydrogen-bond donors (Lipinski definition) is 3. The molecule has 32 heavy (non-hydrogen) atoms. The van der Waals surface area contributed by atoms with Gasteiger partial charge < -0.3 is 15.6 Å². The van der Waals surface area contributed by atoms with Gasteiger partial charge in [0.25, 0.3) is 5.91 Å². The Balaban J connectivity index is 0.00000245. The molecule has 1 aromatic carbocycles. The number of halogens is 2. The number of aromatic nitrogens is 6. The van der Waals surface area contributed by atoms with Crippen LogP contribution in [0.15, 0.2) is 36.9 Å². The molecule has 3 aromatic heterocycles. The fraction of sp³-hybridized carbons (Fsp3) is 0.286. The minimum atomic E-state index is -0.376. The molecule has 4 heterocycles. The Kier molecular flexibility index (Phi) is 6.15. The van der Waals surface area contributed by atoms with Gasteiger partial charge in [-0.1, -0.05) is 0 Å². The van der Waals surface area contributed by atoms with Crippen LogP contribution in [-0.2, 0) is 13.6 Å². The van der Waals surface area contributed by atoms with Crippen LogP contribution in [-0.4, -0.2) is 48.7 Å². The predicted molar refractivity (Wildman–Crippen MR) is 119 cm³/mol. The van der Waals surface area contributed by atoms with Gasteiger partial charge in [-0.05, 0) is 42.3 Å². The van der Waals surface area contributed by atoms with E-state index in [0.29, 0.717) is 22.3 Å². The highest BCUT2D eigenvalue weighted by atomic mass is 35.5. The van der Waals surface area contributed by atoms with Crippen LogP contribution >= 0.6 is 12.4 Å². The van der Waals surface area contributed by atoms with Crippen molar-refractivity contribution in [2.45, 2.75) is 18.9 Å². The highest BCUT2D eigenvalue weighted by molar-refractivity contribution is 6.02. The number of H-pyrrole nitrogens is 1. The standard InChI is InChI=1S/C21H21FN8O.ClH/c1-30-10-15(9-27-30)14-4-12(5-16(22)6-14)7-24-21(31)18-17-20(26-11-25-18)29-19(28-17)13-2-3-23-8-13;/h4-6,9-11,13,23H,2-3,7-8H2,1H3,(H,24,31)(H,25,26,28,29);1H. The maximum atomic E-state index is 14.1. The summed E-state index contributed by atoms with van der Waals surface area (Å²) in [6.45, 7) is 1.94. The van der Waals surface area contributed by atoms with E-state index >= 15 is 0 Å². The first-order chi connectivity index (χ1) is 15.1. The molecule has 4 aromatic rings. The lowest BCUT2D eigenvalue weighted by atomic mass is 10.1. The number of aryl methyl sites for hydroxylation is 1. The van der Waals surface area contributed by atoms with Gasteiger partial charge in [-0.15, -0.1) is 12.4 Å². The number of nitrogens with zero attached hydrogens (tertiary/aromatic N) is 5. The number of nitrogens with one attached hydrogen (secondary N) is 3. The third kappa shape index (κ3) is 4.32. The van der Waals surface area contributed by atoms with Gasteiger partial charge >= 0.3 is 0 Å². The molecule has 1 aliphatic heterocycles. The summed E-state index contributed by atoms with van der Waals surface area (Å²) in [6.07, 6.45) is 5.79. The molecule has 9 nitrogen and oxygen atoms in total. The number of benzene rings is 1. The molecule has 1 atom stereocenters. The van der Waals surface area contributed by atoms with Gasteiger partial charge in [0, 0.05) is 37.8 Å².